The SMILES string of the molecule is CCOC(=O)OCC(CCN1CCC(N(CC)C(=O)OCc2ccccc2)CC1)(CN(C)S(=O)(=O)c1ccccc1)c1ccccc1. The van der Waals surface area contributed by atoms with Crippen molar-refractivity contribution in [2.45, 2.75) is 56.1 Å². The van der Waals surface area contributed by atoms with E-state index in [9.17, 15) is 18.0 Å². The minimum Gasteiger partial charge on any atom is -0.445 e. The predicted octanol–water partition coefficient (Wildman–Crippen LogP) is 5.93. The minimum absolute atomic E-state index is 0.0577. The molecule has 0 aromatic heterocycles. The van der Waals surface area contributed by atoms with E-state index in [1.54, 1.807) is 44.3 Å². The van der Waals surface area contributed by atoms with Crippen LogP contribution in [0.15, 0.2) is 95.9 Å². The highest BCUT2D eigenvalue weighted by atomic mass is 32.2. The first-order valence-corrected chi connectivity index (χ1v) is 17.7. The number of carbonyl (C=O) groups excluding carboxylic acids is 2. The molecule has 1 unspecified atom stereocenters. The second-order valence-electron chi connectivity index (χ2n) is 11.8. The standard InChI is InChI=1S/C36H47N3O7S/c1-4-39(34(40)45-27-30-15-9-6-10-16-30)32-21-24-38(25-22-32)26-23-36(29-46-35(41)44-5-2,31-17-11-7-12-18-31)28-37(3)47(42,43)33-19-13-8-14-20-33/h6-20,32H,4-5,21-29H2,1-3H3. The number of rotatable bonds is 15. The fourth-order valence-electron chi connectivity index (χ4n) is 6.11. The lowest BCUT2D eigenvalue weighted by molar-refractivity contribution is 0.0321. The molecule has 1 aliphatic heterocycles. The van der Waals surface area contributed by atoms with Gasteiger partial charge in [0.1, 0.15) is 13.2 Å². The molecule has 0 N–H and O–H groups in total. The Morgan fingerprint density at radius 2 is 1.45 bits per heavy atom. The molecule has 11 heteroatoms. The lowest BCUT2D eigenvalue weighted by Gasteiger charge is -2.41. The highest BCUT2D eigenvalue weighted by Gasteiger charge is 2.39. The number of carbonyl (C=O) groups is 2. The summed E-state index contributed by atoms with van der Waals surface area (Å²) in [6.45, 7) is 6.82. The van der Waals surface area contributed by atoms with Crippen LogP contribution in [-0.4, -0.2) is 93.8 Å². The van der Waals surface area contributed by atoms with Gasteiger partial charge in [-0.05, 0) is 62.9 Å². The van der Waals surface area contributed by atoms with Gasteiger partial charge < -0.3 is 24.0 Å². The number of benzene rings is 3. The molecule has 0 radical (unpaired) electrons. The van der Waals surface area contributed by atoms with Crippen molar-refractivity contribution in [1.29, 1.82) is 0 Å². The van der Waals surface area contributed by atoms with Gasteiger partial charge >= 0.3 is 12.2 Å². The maximum atomic E-state index is 13.6. The summed E-state index contributed by atoms with van der Waals surface area (Å²) in [5.74, 6) is 0. The van der Waals surface area contributed by atoms with Crippen molar-refractivity contribution in [2.24, 2.45) is 0 Å². The van der Waals surface area contributed by atoms with E-state index in [0.717, 1.165) is 37.1 Å². The summed E-state index contributed by atoms with van der Waals surface area (Å²) in [6.07, 6.45) is 0.993. The maximum absolute atomic E-state index is 13.6. The number of hydrogen-bond acceptors (Lipinski definition) is 8. The lowest BCUT2D eigenvalue weighted by Crippen LogP contribution is -2.50. The maximum Gasteiger partial charge on any atom is 0.508 e. The van der Waals surface area contributed by atoms with Crippen LogP contribution in [0, 0.1) is 0 Å². The summed E-state index contributed by atoms with van der Waals surface area (Å²) in [7, 11) is -2.26. The molecule has 10 nitrogen and oxygen atoms in total. The van der Waals surface area contributed by atoms with Crippen LogP contribution in [0.5, 0.6) is 0 Å². The minimum atomic E-state index is -3.82. The molecule has 1 aliphatic rings. The largest absolute Gasteiger partial charge is 0.508 e. The fourth-order valence-corrected chi connectivity index (χ4v) is 7.39. The van der Waals surface area contributed by atoms with E-state index in [4.69, 9.17) is 14.2 Å². The second-order valence-corrected chi connectivity index (χ2v) is 13.9. The molecular formula is C36H47N3O7S. The van der Waals surface area contributed by atoms with Crippen LogP contribution in [0.25, 0.3) is 0 Å². The normalized spacial score (nSPS) is 15.5. The Hall–Kier alpha value is -3.93. The zero-order chi connectivity index (χ0) is 33.7. The third-order valence-electron chi connectivity index (χ3n) is 8.78. The van der Waals surface area contributed by atoms with Gasteiger partial charge in [0.2, 0.25) is 10.0 Å². The van der Waals surface area contributed by atoms with Crippen LogP contribution in [-0.2, 0) is 36.3 Å². The molecular weight excluding hydrogens is 618 g/mol. The van der Waals surface area contributed by atoms with Crippen LogP contribution in [0.2, 0.25) is 0 Å². The third kappa shape index (κ3) is 9.79. The lowest BCUT2D eigenvalue weighted by atomic mass is 9.77. The quantitative estimate of drug-likeness (QED) is 0.184. The van der Waals surface area contributed by atoms with Crippen molar-refractivity contribution in [3.63, 3.8) is 0 Å². The molecule has 1 atom stereocenters. The van der Waals surface area contributed by atoms with E-state index < -0.39 is 21.6 Å². The average Bonchev–Trinajstić information content (AvgIpc) is 3.10. The average molecular weight is 666 g/mol. The van der Waals surface area contributed by atoms with E-state index in [1.165, 1.54) is 4.31 Å². The number of likely N-dealkylation sites (N-methyl/N-ethyl adjacent to an activating group) is 1. The number of likely N-dealkylation sites (tertiary alicyclic amines) is 1. The molecule has 1 amide bonds. The van der Waals surface area contributed by atoms with Crippen LogP contribution in [0.1, 0.15) is 44.2 Å². The van der Waals surface area contributed by atoms with Crippen molar-refractivity contribution >= 4 is 22.3 Å². The smallest absolute Gasteiger partial charge is 0.445 e. The van der Waals surface area contributed by atoms with Gasteiger partial charge in [-0.15, -0.1) is 0 Å². The Morgan fingerprint density at radius 1 is 0.851 bits per heavy atom. The van der Waals surface area contributed by atoms with E-state index in [0.29, 0.717) is 19.5 Å². The first-order chi connectivity index (χ1) is 22.7. The van der Waals surface area contributed by atoms with Crippen molar-refractivity contribution < 1.29 is 32.2 Å². The van der Waals surface area contributed by atoms with Gasteiger partial charge in [-0.3, -0.25) is 0 Å². The van der Waals surface area contributed by atoms with E-state index in [1.807, 2.05) is 72.5 Å². The molecule has 4 rings (SSSR count). The van der Waals surface area contributed by atoms with Crippen LogP contribution in [0.4, 0.5) is 9.59 Å². The van der Waals surface area contributed by atoms with Gasteiger partial charge in [-0.1, -0.05) is 78.9 Å². The summed E-state index contributed by atoms with van der Waals surface area (Å²) in [4.78, 5) is 29.7. The summed E-state index contributed by atoms with van der Waals surface area (Å²) in [6, 6.07) is 27.6. The third-order valence-corrected chi connectivity index (χ3v) is 10.6. The monoisotopic (exact) mass is 665 g/mol. The molecule has 1 fully saturated rings. The Kier molecular flexibility index (Phi) is 13.2. The number of amides is 1. The molecule has 0 aliphatic carbocycles. The Morgan fingerprint density at radius 3 is 2.04 bits per heavy atom. The van der Waals surface area contributed by atoms with Gasteiger partial charge in [0.05, 0.1) is 11.5 Å². The van der Waals surface area contributed by atoms with Crippen LogP contribution < -0.4 is 0 Å². The van der Waals surface area contributed by atoms with Crippen molar-refractivity contribution in [2.75, 3.05) is 53.0 Å². The molecule has 0 saturated carbocycles. The van der Waals surface area contributed by atoms with E-state index >= 15 is 0 Å². The van der Waals surface area contributed by atoms with Gasteiger partial charge in [-0.2, -0.15) is 4.31 Å². The van der Waals surface area contributed by atoms with E-state index in [2.05, 4.69) is 4.90 Å². The molecule has 47 heavy (non-hydrogen) atoms. The topological polar surface area (TPSA) is 106 Å². The van der Waals surface area contributed by atoms with Crippen LogP contribution in [0.3, 0.4) is 0 Å². The zero-order valence-corrected chi connectivity index (χ0v) is 28.4. The summed E-state index contributed by atoms with van der Waals surface area (Å²) < 4.78 is 45.0. The second kappa shape index (κ2) is 17.3. The molecule has 3 aromatic rings. The molecule has 0 bridgehead atoms. The summed E-state index contributed by atoms with van der Waals surface area (Å²) in [5.41, 5.74) is 0.952. The zero-order valence-electron chi connectivity index (χ0n) is 27.6. The molecule has 1 heterocycles. The highest BCUT2D eigenvalue weighted by molar-refractivity contribution is 7.89. The van der Waals surface area contributed by atoms with Gasteiger partial charge in [0, 0.05) is 44.7 Å². The van der Waals surface area contributed by atoms with Crippen LogP contribution >= 0.6 is 0 Å². The van der Waals surface area contributed by atoms with Gasteiger partial charge in [0.15, 0.2) is 0 Å². The molecule has 3 aromatic carbocycles. The van der Waals surface area contributed by atoms with Crippen molar-refractivity contribution in [1.82, 2.24) is 14.1 Å². The first kappa shape index (κ1) is 35.9. The Labute approximate surface area is 279 Å². The number of hydrogen-bond donors (Lipinski definition) is 0. The number of nitrogens with zero attached hydrogens (tertiary/aromatic N) is 3. The van der Waals surface area contributed by atoms with Crippen molar-refractivity contribution in [3.05, 3.63) is 102 Å². The summed E-state index contributed by atoms with van der Waals surface area (Å²) >= 11 is 0. The number of piperidine rings is 1. The summed E-state index contributed by atoms with van der Waals surface area (Å²) in [5, 5.41) is 0. The Balaban J connectivity index is 1.48. The predicted molar refractivity (Wildman–Crippen MR) is 180 cm³/mol. The number of ether oxygens (including phenoxy) is 3. The Bertz CT molecular complexity index is 1500. The fraction of sp³-hybridized carbons (Fsp3) is 0.444. The highest BCUT2D eigenvalue weighted by Crippen LogP contribution is 2.33. The first-order valence-electron chi connectivity index (χ1n) is 16.2. The van der Waals surface area contributed by atoms with Gasteiger partial charge in [-0.25, -0.2) is 18.0 Å². The molecule has 254 valence electrons. The number of sulfonamides is 1. The molecule has 0 spiro atoms. The molecule has 1 saturated heterocycles. The van der Waals surface area contributed by atoms with E-state index in [-0.39, 0.29) is 43.4 Å². The van der Waals surface area contributed by atoms with Gasteiger partial charge in [0.25, 0.3) is 0 Å². The van der Waals surface area contributed by atoms with Crippen molar-refractivity contribution in [3.8, 4) is 0 Å².